The number of aromatic nitrogens is 4. The van der Waals surface area contributed by atoms with E-state index in [1.54, 1.807) is 0 Å². The maximum atomic E-state index is 12.3. The molecule has 0 atom stereocenters. The van der Waals surface area contributed by atoms with E-state index in [-0.39, 0.29) is 24.8 Å². The molecule has 9 heteroatoms. The van der Waals surface area contributed by atoms with Crippen molar-refractivity contribution in [2.24, 2.45) is 0 Å². The topological polar surface area (TPSA) is 95.0 Å². The number of carbonyl (C=O) groups excluding carboxylic acids is 1. The Morgan fingerprint density at radius 2 is 1.90 bits per heavy atom. The summed E-state index contributed by atoms with van der Waals surface area (Å²) in [6.07, 6.45) is 0.132. The van der Waals surface area contributed by atoms with Gasteiger partial charge in [0.25, 0.3) is 5.89 Å². The number of nitrogens with one attached hydrogen (secondary N) is 1. The van der Waals surface area contributed by atoms with Crippen LogP contribution in [0.4, 0.5) is 0 Å². The summed E-state index contributed by atoms with van der Waals surface area (Å²) in [6, 6.07) is 13.8. The molecule has 1 N–H and O–H groups in total. The number of carbonyl (C=O) groups is 1. The van der Waals surface area contributed by atoms with Crippen LogP contribution >= 0.6 is 11.3 Å². The Balaban J connectivity index is 1.34. The fourth-order valence-electron chi connectivity index (χ4n) is 3.33. The first kappa shape index (κ1) is 20.8. The van der Waals surface area contributed by atoms with Gasteiger partial charge in [-0.25, -0.2) is 4.79 Å². The number of aryl methyl sites for hydroxylation is 2. The Bertz CT molecular complexity index is 1220. The number of hydrogen-bond donors (Lipinski definition) is 1. The number of nitrogens with zero attached hydrogens (tertiary/aromatic N) is 4. The van der Waals surface area contributed by atoms with Crippen molar-refractivity contribution in [1.82, 2.24) is 24.9 Å². The summed E-state index contributed by atoms with van der Waals surface area (Å²) < 4.78 is 8.30. The monoisotopic (exact) mass is 437 g/mol. The number of benzene rings is 1. The smallest absolute Gasteiger partial charge is 0.387 e. The zero-order chi connectivity index (χ0) is 21.8. The molecule has 160 valence electrons. The van der Waals surface area contributed by atoms with Gasteiger partial charge in [0.2, 0.25) is 5.91 Å². The zero-order valence-corrected chi connectivity index (χ0v) is 18.2. The molecule has 4 rings (SSSR count). The highest BCUT2D eigenvalue weighted by Crippen LogP contribution is 2.21. The molecule has 0 aliphatic carbocycles. The highest BCUT2D eigenvalue weighted by Gasteiger charge is 2.15. The van der Waals surface area contributed by atoms with Crippen molar-refractivity contribution in [3.8, 4) is 10.8 Å². The molecule has 3 aromatic heterocycles. The number of rotatable bonds is 8. The normalized spacial score (nSPS) is 11.0. The molecule has 0 bridgehead atoms. The van der Waals surface area contributed by atoms with Crippen LogP contribution in [0.1, 0.15) is 28.9 Å². The first-order chi connectivity index (χ1) is 15.0. The van der Waals surface area contributed by atoms with Crippen molar-refractivity contribution in [1.29, 1.82) is 0 Å². The van der Waals surface area contributed by atoms with Gasteiger partial charge < -0.3 is 9.73 Å². The van der Waals surface area contributed by atoms with Gasteiger partial charge in [0.15, 0.2) is 0 Å². The molecule has 1 aromatic carbocycles. The number of hydrogen-bond acceptors (Lipinski definition) is 6. The lowest BCUT2D eigenvalue weighted by Crippen LogP contribution is -2.26. The van der Waals surface area contributed by atoms with Gasteiger partial charge in [-0.2, -0.15) is 9.78 Å². The third-order valence-electron chi connectivity index (χ3n) is 5.06. The zero-order valence-electron chi connectivity index (χ0n) is 17.4. The van der Waals surface area contributed by atoms with Crippen LogP contribution in [-0.4, -0.2) is 25.5 Å². The van der Waals surface area contributed by atoms with E-state index in [1.807, 2.05) is 54.2 Å². The molecule has 31 heavy (non-hydrogen) atoms. The van der Waals surface area contributed by atoms with E-state index in [9.17, 15) is 9.59 Å². The summed E-state index contributed by atoms with van der Waals surface area (Å²) in [4.78, 5) is 25.1. The van der Waals surface area contributed by atoms with E-state index in [4.69, 9.17) is 4.42 Å². The quantitative estimate of drug-likeness (QED) is 0.457. The molecule has 0 aliphatic rings. The standard InChI is InChI=1S/C22H23N5O3S/c1-15-18(16(2)27(24-15)14-17-7-4-3-5-8-17)13-23-20(28)10-11-26-22(29)30-21(25-26)19-9-6-12-31-19/h3-9,12H,10-11,13-14H2,1-2H3,(H,23,28). The second-order valence-electron chi connectivity index (χ2n) is 7.19. The largest absolute Gasteiger partial charge is 0.437 e. The van der Waals surface area contributed by atoms with Gasteiger partial charge >= 0.3 is 5.76 Å². The molecule has 0 saturated heterocycles. The lowest BCUT2D eigenvalue weighted by molar-refractivity contribution is -0.121. The van der Waals surface area contributed by atoms with Gasteiger partial charge in [0.05, 0.1) is 23.7 Å². The predicted octanol–water partition coefficient (Wildman–Crippen LogP) is 3.13. The molecule has 0 spiro atoms. The Hall–Kier alpha value is -3.46. The van der Waals surface area contributed by atoms with Crippen LogP contribution in [0.25, 0.3) is 10.8 Å². The SMILES string of the molecule is Cc1nn(Cc2ccccc2)c(C)c1CNC(=O)CCn1nc(-c2cccs2)oc1=O. The van der Waals surface area contributed by atoms with Crippen molar-refractivity contribution in [3.63, 3.8) is 0 Å². The van der Waals surface area contributed by atoms with Gasteiger partial charge in [0, 0.05) is 24.2 Å². The minimum atomic E-state index is -0.565. The van der Waals surface area contributed by atoms with Crippen molar-refractivity contribution in [2.75, 3.05) is 0 Å². The Labute approximate surface area is 183 Å². The van der Waals surface area contributed by atoms with Crippen LogP contribution in [0.2, 0.25) is 0 Å². The average molecular weight is 438 g/mol. The molecule has 0 saturated carbocycles. The van der Waals surface area contributed by atoms with Crippen LogP contribution in [-0.2, 0) is 24.4 Å². The van der Waals surface area contributed by atoms with Crippen molar-refractivity contribution in [2.45, 2.75) is 39.9 Å². The molecule has 1 amide bonds. The average Bonchev–Trinajstić information content (AvgIpc) is 3.47. The first-order valence-corrected chi connectivity index (χ1v) is 10.8. The molecule has 3 heterocycles. The molecule has 0 fully saturated rings. The van der Waals surface area contributed by atoms with Crippen molar-refractivity contribution in [3.05, 3.63) is 80.9 Å². The second-order valence-corrected chi connectivity index (χ2v) is 8.14. The summed E-state index contributed by atoms with van der Waals surface area (Å²) in [5.74, 6) is -0.454. The highest BCUT2D eigenvalue weighted by molar-refractivity contribution is 7.13. The van der Waals surface area contributed by atoms with E-state index < -0.39 is 5.76 Å². The van der Waals surface area contributed by atoms with Crippen LogP contribution < -0.4 is 11.1 Å². The summed E-state index contributed by atoms with van der Waals surface area (Å²) in [5, 5.41) is 13.6. The molecule has 0 aliphatic heterocycles. The predicted molar refractivity (Wildman–Crippen MR) is 118 cm³/mol. The lowest BCUT2D eigenvalue weighted by Gasteiger charge is -2.07. The maximum absolute atomic E-state index is 12.3. The second kappa shape index (κ2) is 9.13. The summed E-state index contributed by atoms with van der Waals surface area (Å²) >= 11 is 1.44. The highest BCUT2D eigenvalue weighted by atomic mass is 32.1. The van der Waals surface area contributed by atoms with E-state index in [0.29, 0.717) is 13.1 Å². The minimum Gasteiger partial charge on any atom is -0.387 e. The lowest BCUT2D eigenvalue weighted by atomic mass is 10.2. The summed E-state index contributed by atoms with van der Waals surface area (Å²) in [5.41, 5.74) is 4.09. The van der Waals surface area contributed by atoms with E-state index >= 15 is 0 Å². The fraction of sp³-hybridized carbons (Fsp3) is 0.273. The van der Waals surface area contributed by atoms with Crippen molar-refractivity contribution < 1.29 is 9.21 Å². The molecule has 8 nitrogen and oxygen atoms in total. The summed E-state index contributed by atoms with van der Waals surface area (Å²) in [6.45, 7) is 5.18. The minimum absolute atomic E-state index is 0.132. The van der Waals surface area contributed by atoms with Gasteiger partial charge in [-0.1, -0.05) is 36.4 Å². The Morgan fingerprint density at radius 1 is 1.10 bits per heavy atom. The van der Waals surface area contributed by atoms with Gasteiger partial charge in [-0.05, 0) is 30.9 Å². The summed E-state index contributed by atoms with van der Waals surface area (Å²) in [7, 11) is 0. The van der Waals surface area contributed by atoms with E-state index in [0.717, 1.165) is 21.8 Å². The number of amides is 1. The van der Waals surface area contributed by atoms with Crippen LogP contribution in [0.5, 0.6) is 0 Å². The Kier molecular flexibility index (Phi) is 6.13. The van der Waals surface area contributed by atoms with Gasteiger partial charge in [0.1, 0.15) is 0 Å². The fourth-order valence-corrected chi connectivity index (χ4v) is 3.97. The Morgan fingerprint density at radius 3 is 2.65 bits per heavy atom. The molecule has 0 unspecified atom stereocenters. The van der Waals surface area contributed by atoms with Gasteiger partial charge in [-0.15, -0.1) is 16.4 Å². The molecule has 4 aromatic rings. The molecular formula is C22H23N5O3S. The third-order valence-corrected chi connectivity index (χ3v) is 5.92. The van der Waals surface area contributed by atoms with Crippen molar-refractivity contribution >= 4 is 17.2 Å². The molecule has 0 radical (unpaired) electrons. The van der Waals surface area contributed by atoms with Gasteiger partial charge in [-0.3, -0.25) is 9.48 Å². The van der Waals surface area contributed by atoms with E-state index in [1.165, 1.54) is 21.6 Å². The maximum Gasteiger partial charge on any atom is 0.437 e. The third kappa shape index (κ3) is 4.83. The van der Waals surface area contributed by atoms with Crippen LogP contribution in [0.15, 0.2) is 57.1 Å². The van der Waals surface area contributed by atoms with Crippen LogP contribution in [0, 0.1) is 13.8 Å². The van der Waals surface area contributed by atoms with Crippen LogP contribution in [0.3, 0.4) is 0 Å². The van der Waals surface area contributed by atoms with E-state index in [2.05, 4.69) is 27.6 Å². The molecular weight excluding hydrogens is 414 g/mol. The first-order valence-electron chi connectivity index (χ1n) is 9.96. The number of thiophene rings is 1.